The first-order valence-corrected chi connectivity index (χ1v) is 12.9. The maximum Gasteiger partial charge on any atom is 0.229 e. The molecule has 0 saturated carbocycles. The van der Waals surface area contributed by atoms with Crippen LogP contribution in [0.15, 0.2) is 55.1 Å². The van der Waals surface area contributed by atoms with Gasteiger partial charge in [0, 0.05) is 48.4 Å². The number of rotatable bonds is 8. The second-order valence-electron chi connectivity index (χ2n) is 8.35. The fraction of sp³-hybridized carbons (Fsp3) is 0.448. The molecule has 0 unspecified atom stereocenters. The molecule has 0 radical (unpaired) electrons. The average molecular weight is 462 g/mol. The molecule has 0 amide bonds. The zero-order valence-electron chi connectivity index (χ0n) is 22.2. The van der Waals surface area contributed by atoms with Crippen LogP contribution < -0.4 is 5.32 Å². The van der Waals surface area contributed by atoms with Gasteiger partial charge >= 0.3 is 0 Å². The standard InChI is InChI=1S/C20H21N5.C7H16.C2H6/c1-4-15-13-25(12-14(15)2)19-7-9-21-20(23-19)22-17-5-6-18-16(11-17)8-10-24(18)3;1-3-5-7-6-4-2;1-2/h5-13H,4H2,1-3H3,(H,21,22,23);3-7H2,1-2H3;1-2H3. The Morgan fingerprint density at radius 1 is 0.912 bits per heavy atom. The van der Waals surface area contributed by atoms with Crippen molar-refractivity contribution in [1.29, 1.82) is 0 Å². The summed E-state index contributed by atoms with van der Waals surface area (Å²) in [5, 5.41) is 4.50. The highest BCUT2D eigenvalue weighted by molar-refractivity contribution is 5.84. The van der Waals surface area contributed by atoms with Gasteiger partial charge in [-0.25, -0.2) is 4.98 Å². The van der Waals surface area contributed by atoms with Crippen LogP contribution in [0.2, 0.25) is 0 Å². The third kappa shape index (κ3) is 7.47. The van der Waals surface area contributed by atoms with Crippen molar-refractivity contribution in [2.45, 2.75) is 80.1 Å². The second-order valence-corrected chi connectivity index (χ2v) is 8.35. The van der Waals surface area contributed by atoms with E-state index in [1.54, 1.807) is 6.20 Å². The molecule has 4 rings (SSSR count). The number of hydrogen-bond donors (Lipinski definition) is 1. The fourth-order valence-corrected chi connectivity index (χ4v) is 3.82. The van der Waals surface area contributed by atoms with Crippen LogP contribution in [0.3, 0.4) is 0 Å². The number of aromatic nitrogens is 4. The molecule has 0 spiro atoms. The number of hydrogen-bond acceptors (Lipinski definition) is 3. The molecule has 0 fully saturated rings. The summed E-state index contributed by atoms with van der Waals surface area (Å²) in [5.74, 6) is 1.46. The van der Waals surface area contributed by atoms with E-state index in [1.165, 1.54) is 54.1 Å². The monoisotopic (exact) mass is 461 g/mol. The van der Waals surface area contributed by atoms with Crippen LogP contribution >= 0.6 is 0 Å². The summed E-state index contributed by atoms with van der Waals surface area (Å²) < 4.78 is 4.16. The number of benzene rings is 1. The second kappa shape index (κ2) is 14.2. The highest BCUT2D eigenvalue weighted by Crippen LogP contribution is 2.22. The van der Waals surface area contributed by atoms with Gasteiger partial charge in [-0.05, 0) is 54.8 Å². The Kier molecular flexibility index (Phi) is 11.4. The van der Waals surface area contributed by atoms with Gasteiger partial charge in [0.05, 0.1) is 0 Å². The first-order chi connectivity index (χ1) is 16.5. The Labute approximate surface area is 206 Å². The lowest BCUT2D eigenvalue weighted by molar-refractivity contribution is 0.656. The Morgan fingerprint density at radius 3 is 2.29 bits per heavy atom. The predicted molar refractivity (Wildman–Crippen MR) is 147 cm³/mol. The van der Waals surface area contributed by atoms with Crippen LogP contribution in [0, 0.1) is 6.92 Å². The topological polar surface area (TPSA) is 47.7 Å². The van der Waals surface area contributed by atoms with Gasteiger partial charge in [0.25, 0.3) is 0 Å². The van der Waals surface area contributed by atoms with E-state index in [2.05, 4.69) is 88.9 Å². The molecule has 184 valence electrons. The molecule has 4 aromatic rings. The van der Waals surface area contributed by atoms with Crippen molar-refractivity contribution in [3.8, 4) is 5.82 Å². The van der Waals surface area contributed by atoms with Crippen molar-refractivity contribution in [3.63, 3.8) is 0 Å². The highest BCUT2D eigenvalue weighted by atomic mass is 15.2. The molecule has 3 heterocycles. The minimum atomic E-state index is 0.595. The molecule has 34 heavy (non-hydrogen) atoms. The van der Waals surface area contributed by atoms with Gasteiger partial charge < -0.3 is 14.5 Å². The molecule has 0 aliphatic rings. The summed E-state index contributed by atoms with van der Waals surface area (Å²) >= 11 is 0. The lowest BCUT2D eigenvalue weighted by atomic mass is 10.2. The van der Waals surface area contributed by atoms with E-state index in [4.69, 9.17) is 0 Å². The zero-order valence-corrected chi connectivity index (χ0v) is 22.2. The van der Waals surface area contributed by atoms with Crippen LogP contribution in [0.4, 0.5) is 11.6 Å². The smallest absolute Gasteiger partial charge is 0.229 e. The summed E-state index contributed by atoms with van der Waals surface area (Å²) in [6.45, 7) is 12.8. The lowest BCUT2D eigenvalue weighted by Crippen LogP contribution is -2.01. The average Bonchev–Trinajstić information content (AvgIpc) is 3.43. The van der Waals surface area contributed by atoms with E-state index < -0.39 is 0 Å². The fourth-order valence-electron chi connectivity index (χ4n) is 3.82. The number of nitrogens with one attached hydrogen (secondary N) is 1. The van der Waals surface area contributed by atoms with Crippen molar-refractivity contribution in [3.05, 3.63) is 66.2 Å². The Balaban J connectivity index is 0.000000393. The number of anilines is 2. The van der Waals surface area contributed by atoms with E-state index in [0.29, 0.717) is 5.95 Å². The van der Waals surface area contributed by atoms with Crippen LogP contribution in [0.5, 0.6) is 0 Å². The van der Waals surface area contributed by atoms with Gasteiger partial charge in [-0.3, -0.25) is 0 Å². The molecule has 0 aliphatic carbocycles. The van der Waals surface area contributed by atoms with Gasteiger partial charge in [0.15, 0.2) is 0 Å². The van der Waals surface area contributed by atoms with Crippen LogP contribution in [-0.4, -0.2) is 19.1 Å². The van der Waals surface area contributed by atoms with Crippen LogP contribution in [0.25, 0.3) is 16.7 Å². The molecule has 1 aromatic carbocycles. The summed E-state index contributed by atoms with van der Waals surface area (Å²) in [4.78, 5) is 9.00. The van der Waals surface area contributed by atoms with Crippen LogP contribution in [-0.2, 0) is 13.5 Å². The third-order valence-electron chi connectivity index (χ3n) is 5.77. The SMILES string of the molecule is CC.CCCCCCC.CCc1cn(-c2ccnc(Nc3ccc4c(ccn4C)c3)n2)cc1C. The molecular formula is C29H43N5. The Morgan fingerprint density at radius 2 is 1.65 bits per heavy atom. The van der Waals surface area contributed by atoms with Gasteiger partial charge in [-0.1, -0.05) is 66.7 Å². The van der Waals surface area contributed by atoms with E-state index in [1.807, 2.05) is 33.0 Å². The Bertz CT molecular complexity index is 1120. The number of fused-ring (bicyclic) bond motifs is 1. The van der Waals surface area contributed by atoms with Gasteiger partial charge in [0.1, 0.15) is 5.82 Å². The normalized spacial score (nSPS) is 10.3. The highest BCUT2D eigenvalue weighted by Gasteiger charge is 2.06. The molecule has 0 saturated heterocycles. The van der Waals surface area contributed by atoms with Crippen molar-refractivity contribution >= 4 is 22.5 Å². The Hall–Kier alpha value is -3.08. The van der Waals surface area contributed by atoms with Crippen molar-refractivity contribution in [1.82, 2.24) is 19.1 Å². The summed E-state index contributed by atoms with van der Waals surface area (Å²) in [7, 11) is 2.05. The summed E-state index contributed by atoms with van der Waals surface area (Å²) in [5.41, 5.74) is 4.80. The van der Waals surface area contributed by atoms with Crippen LogP contribution in [0.1, 0.15) is 77.8 Å². The maximum absolute atomic E-state index is 4.65. The predicted octanol–water partition coefficient (Wildman–Crippen LogP) is 8.38. The molecule has 1 N–H and O–H groups in total. The van der Waals surface area contributed by atoms with E-state index in [9.17, 15) is 0 Å². The molecule has 0 atom stereocenters. The van der Waals surface area contributed by atoms with E-state index >= 15 is 0 Å². The lowest BCUT2D eigenvalue weighted by Gasteiger charge is -2.08. The molecule has 5 nitrogen and oxygen atoms in total. The molecule has 0 aliphatic heterocycles. The molecular weight excluding hydrogens is 418 g/mol. The minimum Gasteiger partial charge on any atom is -0.351 e. The maximum atomic E-state index is 4.65. The largest absolute Gasteiger partial charge is 0.351 e. The molecule has 5 heteroatoms. The zero-order chi connectivity index (χ0) is 24.9. The first kappa shape index (κ1) is 27.2. The van der Waals surface area contributed by atoms with Gasteiger partial charge in [-0.2, -0.15) is 4.98 Å². The van der Waals surface area contributed by atoms with Crippen molar-refractivity contribution in [2.75, 3.05) is 5.32 Å². The van der Waals surface area contributed by atoms with Crippen molar-refractivity contribution in [2.24, 2.45) is 7.05 Å². The third-order valence-corrected chi connectivity index (χ3v) is 5.77. The first-order valence-electron chi connectivity index (χ1n) is 12.9. The van der Waals surface area contributed by atoms with E-state index in [0.717, 1.165) is 17.9 Å². The molecule has 3 aromatic heterocycles. The summed E-state index contributed by atoms with van der Waals surface area (Å²) in [6.07, 6.45) is 16.1. The quantitative estimate of drug-likeness (QED) is 0.268. The van der Waals surface area contributed by atoms with Gasteiger partial charge in [-0.15, -0.1) is 0 Å². The minimum absolute atomic E-state index is 0.595. The number of aryl methyl sites for hydroxylation is 3. The molecule has 0 bridgehead atoms. The number of unbranched alkanes of at least 4 members (excludes halogenated alkanes) is 4. The van der Waals surface area contributed by atoms with Gasteiger partial charge in [0.2, 0.25) is 5.95 Å². The summed E-state index contributed by atoms with van der Waals surface area (Å²) in [6, 6.07) is 10.3. The van der Waals surface area contributed by atoms with Crippen molar-refractivity contribution < 1.29 is 0 Å². The van der Waals surface area contributed by atoms with E-state index in [-0.39, 0.29) is 0 Å². The number of nitrogens with zero attached hydrogens (tertiary/aromatic N) is 4.